The molecule has 3 rings (SSSR count). The lowest BCUT2D eigenvalue weighted by atomic mass is 10.2. The number of anilines is 1. The lowest BCUT2D eigenvalue weighted by Crippen LogP contribution is -2.39. The van der Waals surface area contributed by atoms with Gasteiger partial charge in [-0.05, 0) is 57.2 Å². The van der Waals surface area contributed by atoms with Gasteiger partial charge in [0.25, 0.3) is 5.91 Å². The van der Waals surface area contributed by atoms with Gasteiger partial charge in [-0.3, -0.25) is 9.10 Å². The molecule has 7 nitrogen and oxygen atoms in total. The van der Waals surface area contributed by atoms with E-state index in [0.29, 0.717) is 15.7 Å². The average Bonchev–Trinajstić information content (AvgIpc) is 3.01. The van der Waals surface area contributed by atoms with Gasteiger partial charge in [0, 0.05) is 22.6 Å². The van der Waals surface area contributed by atoms with E-state index < -0.39 is 15.9 Å². The minimum Gasteiger partial charge on any atom is -0.318 e. The second-order valence-corrected chi connectivity index (χ2v) is 10.4. The van der Waals surface area contributed by atoms with Gasteiger partial charge in [-0.25, -0.2) is 13.8 Å². The lowest BCUT2D eigenvalue weighted by molar-refractivity contribution is -0.119. The van der Waals surface area contributed by atoms with Crippen LogP contribution in [0.4, 0.5) is 5.69 Å². The van der Waals surface area contributed by atoms with Crippen molar-refractivity contribution in [1.82, 2.24) is 9.99 Å². The first-order chi connectivity index (χ1) is 15.5. The molecule has 0 aliphatic carbocycles. The number of carbonyl (C=O) groups excluding carboxylic acids is 1. The van der Waals surface area contributed by atoms with Gasteiger partial charge >= 0.3 is 0 Å². The Kier molecular flexibility index (Phi) is 7.51. The van der Waals surface area contributed by atoms with Crippen LogP contribution < -0.4 is 9.73 Å². The van der Waals surface area contributed by atoms with Crippen molar-refractivity contribution in [2.75, 3.05) is 17.1 Å². The molecule has 0 radical (unpaired) electrons. The summed E-state index contributed by atoms with van der Waals surface area (Å²) >= 11 is 12.2. The third-order valence-electron chi connectivity index (χ3n) is 5.03. The van der Waals surface area contributed by atoms with Crippen molar-refractivity contribution in [3.8, 4) is 5.69 Å². The van der Waals surface area contributed by atoms with E-state index in [-0.39, 0.29) is 6.54 Å². The van der Waals surface area contributed by atoms with Gasteiger partial charge in [-0.2, -0.15) is 5.10 Å². The van der Waals surface area contributed by atoms with E-state index >= 15 is 0 Å². The third-order valence-corrected chi connectivity index (χ3v) is 6.91. The number of aryl methyl sites for hydroxylation is 2. The summed E-state index contributed by atoms with van der Waals surface area (Å²) in [5.74, 6) is -0.560. The number of nitrogens with one attached hydrogen (secondary N) is 1. The van der Waals surface area contributed by atoms with Crippen molar-refractivity contribution in [2.45, 2.75) is 20.8 Å². The number of hydrazone groups is 1. The molecular weight excluding hydrogens is 483 g/mol. The summed E-state index contributed by atoms with van der Waals surface area (Å²) in [6.45, 7) is 5.37. The Morgan fingerprint density at radius 1 is 1.06 bits per heavy atom. The fourth-order valence-corrected chi connectivity index (χ4v) is 4.54. The van der Waals surface area contributed by atoms with Crippen molar-refractivity contribution in [3.05, 3.63) is 81.1 Å². The number of hydrogen-bond donors (Lipinski definition) is 1. The molecule has 0 fully saturated rings. The Balaban J connectivity index is 1.75. The number of aromatic nitrogens is 1. The molecule has 1 aromatic heterocycles. The predicted octanol–water partition coefficient (Wildman–Crippen LogP) is 4.63. The van der Waals surface area contributed by atoms with E-state index in [1.807, 2.05) is 37.5 Å². The first kappa shape index (κ1) is 24.8. The van der Waals surface area contributed by atoms with Crippen LogP contribution in [0, 0.1) is 20.8 Å². The van der Waals surface area contributed by atoms with E-state index in [4.69, 9.17) is 23.2 Å². The van der Waals surface area contributed by atoms with Crippen LogP contribution in [0.3, 0.4) is 0 Å². The van der Waals surface area contributed by atoms with Crippen LogP contribution in [-0.2, 0) is 14.8 Å². The van der Waals surface area contributed by atoms with E-state index in [1.54, 1.807) is 36.4 Å². The second kappa shape index (κ2) is 9.99. The number of halogens is 2. The highest BCUT2D eigenvalue weighted by atomic mass is 35.5. The zero-order chi connectivity index (χ0) is 24.3. The van der Waals surface area contributed by atoms with E-state index in [2.05, 4.69) is 10.5 Å². The van der Waals surface area contributed by atoms with Crippen LogP contribution in [-0.4, -0.2) is 37.9 Å². The van der Waals surface area contributed by atoms with Crippen molar-refractivity contribution in [3.63, 3.8) is 0 Å². The fourth-order valence-electron chi connectivity index (χ4n) is 3.39. The quantitative estimate of drug-likeness (QED) is 0.374. The number of sulfonamides is 1. The maximum Gasteiger partial charge on any atom is 0.260 e. The monoisotopic (exact) mass is 506 g/mol. The average molecular weight is 507 g/mol. The summed E-state index contributed by atoms with van der Waals surface area (Å²) < 4.78 is 27.4. The molecule has 1 amide bonds. The Morgan fingerprint density at radius 2 is 1.73 bits per heavy atom. The largest absolute Gasteiger partial charge is 0.318 e. The van der Waals surface area contributed by atoms with Gasteiger partial charge in [0.1, 0.15) is 6.54 Å². The van der Waals surface area contributed by atoms with Crippen LogP contribution in [0.2, 0.25) is 10.0 Å². The normalized spacial score (nSPS) is 11.7. The molecule has 0 bridgehead atoms. The number of nitrogens with zero attached hydrogens (tertiary/aromatic N) is 3. The van der Waals surface area contributed by atoms with Crippen molar-refractivity contribution in [1.29, 1.82) is 0 Å². The molecule has 0 saturated carbocycles. The van der Waals surface area contributed by atoms with E-state index in [9.17, 15) is 13.2 Å². The maximum atomic E-state index is 12.4. The Morgan fingerprint density at radius 3 is 2.33 bits per heavy atom. The minimum atomic E-state index is -3.65. The Labute approximate surface area is 203 Å². The number of amides is 1. The topological polar surface area (TPSA) is 83.8 Å². The summed E-state index contributed by atoms with van der Waals surface area (Å²) in [6, 6.07) is 14.2. The lowest BCUT2D eigenvalue weighted by Gasteiger charge is -2.21. The summed E-state index contributed by atoms with van der Waals surface area (Å²) in [4.78, 5) is 12.4. The Hall–Kier alpha value is -2.81. The highest BCUT2D eigenvalue weighted by molar-refractivity contribution is 7.92. The SMILES string of the molecule is Cc1ccc(N(CC(=O)N/N=C\c2cc(C)n(-c3ccc(Cl)c(Cl)c3)c2C)S(C)(=O)=O)cc1. The first-order valence-corrected chi connectivity index (χ1v) is 12.6. The highest BCUT2D eigenvalue weighted by Gasteiger charge is 2.20. The molecule has 3 aromatic rings. The molecule has 0 saturated heterocycles. The van der Waals surface area contributed by atoms with Gasteiger partial charge in [0.2, 0.25) is 10.0 Å². The van der Waals surface area contributed by atoms with Crippen molar-refractivity contribution >= 4 is 51.0 Å². The molecular formula is C23H24Cl2N4O3S. The molecule has 0 atom stereocenters. The van der Waals surface area contributed by atoms with E-state index in [0.717, 1.165) is 38.8 Å². The zero-order valence-electron chi connectivity index (χ0n) is 18.6. The minimum absolute atomic E-state index is 0.387. The standard InChI is InChI=1S/C23H24Cl2N4O3S/c1-15-5-7-19(8-6-15)28(33(4,31)32)14-23(30)27-26-13-18-11-16(2)29(17(18)3)20-9-10-21(24)22(25)12-20/h5-13H,14H2,1-4H3,(H,27,30)/b26-13-. The summed E-state index contributed by atoms with van der Waals surface area (Å²) in [6.07, 6.45) is 2.58. The summed E-state index contributed by atoms with van der Waals surface area (Å²) in [5.41, 5.74) is 7.28. The predicted molar refractivity (Wildman–Crippen MR) is 134 cm³/mol. The van der Waals surface area contributed by atoms with Crippen LogP contribution in [0.5, 0.6) is 0 Å². The van der Waals surface area contributed by atoms with Crippen LogP contribution >= 0.6 is 23.2 Å². The smallest absolute Gasteiger partial charge is 0.260 e. The molecule has 10 heteroatoms. The molecule has 2 aromatic carbocycles. The van der Waals surface area contributed by atoms with Gasteiger partial charge in [0.05, 0.1) is 28.2 Å². The molecule has 1 heterocycles. The van der Waals surface area contributed by atoms with Crippen LogP contribution in [0.1, 0.15) is 22.5 Å². The first-order valence-electron chi connectivity index (χ1n) is 9.98. The molecule has 0 aliphatic heterocycles. The third kappa shape index (κ3) is 5.96. The number of hydrogen-bond acceptors (Lipinski definition) is 4. The Bertz CT molecular complexity index is 1320. The highest BCUT2D eigenvalue weighted by Crippen LogP contribution is 2.27. The van der Waals surface area contributed by atoms with Gasteiger partial charge in [0.15, 0.2) is 0 Å². The molecule has 174 valence electrons. The zero-order valence-corrected chi connectivity index (χ0v) is 21.0. The number of benzene rings is 2. The summed E-state index contributed by atoms with van der Waals surface area (Å²) in [5, 5.41) is 4.94. The molecule has 33 heavy (non-hydrogen) atoms. The molecule has 0 unspecified atom stereocenters. The molecule has 1 N–H and O–H groups in total. The van der Waals surface area contributed by atoms with Crippen molar-refractivity contribution < 1.29 is 13.2 Å². The van der Waals surface area contributed by atoms with Gasteiger partial charge in [-0.1, -0.05) is 40.9 Å². The molecule has 0 aliphatic rings. The number of carbonyl (C=O) groups is 1. The van der Waals surface area contributed by atoms with E-state index in [1.165, 1.54) is 6.21 Å². The second-order valence-electron chi connectivity index (χ2n) is 7.66. The van der Waals surface area contributed by atoms with Gasteiger partial charge < -0.3 is 4.57 Å². The van der Waals surface area contributed by atoms with Crippen LogP contribution in [0.15, 0.2) is 53.6 Å². The molecule has 0 spiro atoms. The van der Waals surface area contributed by atoms with Crippen LogP contribution in [0.25, 0.3) is 5.69 Å². The number of rotatable bonds is 7. The summed E-state index contributed by atoms with van der Waals surface area (Å²) in [7, 11) is -3.65. The fraction of sp³-hybridized carbons (Fsp3) is 0.217. The van der Waals surface area contributed by atoms with Gasteiger partial charge in [-0.15, -0.1) is 0 Å². The maximum absolute atomic E-state index is 12.4. The van der Waals surface area contributed by atoms with Crippen molar-refractivity contribution in [2.24, 2.45) is 5.10 Å².